The minimum atomic E-state index is -0.498. The summed E-state index contributed by atoms with van der Waals surface area (Å²) >= 11 is 0. The van der Waals surface area contributed by atoms with E-state index in [2.05, 4.69) is 27.0 Å². The summed E-state index contributed by atoms with van der Waals surface area (Å²) in [5.41, 5.74) is 6.97. The maximum Gasteiger partial charge on any atom is 0.247 e. The number of hydrogen-bond acceptors (Lipinski definition) is 6. The molecule has 21 heavy (non-hydrogen) atoms. The number of aryl methyl sites for hydroxylation is 1. The van der Waals surface area contributed by atoms with Crippen LogP contribution < -0.4 is 5.73 Å². The second-order valence-corrected chi connectivity index (χ2v) is 6.01. The van der Waals surface area contributed by atoms with Crippen LogP contribution in [0.15, 0.2) is 16.9 Å². The second kappa shape index (κ2) is 5.52. The van der Waals surface area contributed by atoms with Gasteiger partial charge < -0.3 is 10.3 Å². The van der Waals surface area contributed by atoms with Crippen molar-refractivity contribution in [3.8, 4) is 11.6 Å². The van der Waals surface area contributed by atoms with Gasteiger partial charge in [-0.3, -0.25) is 0 Å². The smallest absolute Gasteiger partial charge is 0.247 e. The first-order chi connectivity index (χ1) is 10.1. The summed E-state index contributed by atoms with van der Waals surface area (Å²) in [7, 11) is 0. The van der Waals surface area contributed by atoms with Crippen molar-refractivity contribution in [3.05, 3.63) is 23.8 Å². The summed E-state index contributed by atoms with van der Waals surface area (Å²) in [5.74, 6) is 2.16. The highest BCUT2D eigenvalue weighted by molar-refractivity contribution is 5.41. The molecular formula is C15H21N5O. The quantitative estimate of drug-likeness (QED) is 0.933. The highest BCUT2D eigenvalue weighted by Gasteiger charge is 2.37. The molecule has 0 aromatic carbocycles. The van der Waals surface area contributed by atoms with E-state index in [1.54, 1.807) is 12.4 Å². The van der Waals surface area contributed by atoms with Crippen LogP contribution >= 0.6 is 0 Å². The predicted molar refractivity (Wildman–Crippen MR) is 78.2 cm³/mol. The molecule has 0 saturated heterocycles. The van der Waals surface area contributed by atoms with Gasteiger partial charge in [0.25, 0.3) is 0 Å². The van der Waals surface area contributed by atoms with Crippen LogP contribution in [0.25, 0.3) is 11.6 Å². The van der Waals surface area contributed by atoms with Crippen molar-refractivity contribution in [1.82, 2.24) is 20.1 Å². The molecule has 1 saturated carbocycles. The van der Waals surface area contributed by atoms with Gasteiger partial charge in [0.05, 0.1) is 5.54 Å². The van der Waals surface area contributed by atoms with Crippen molar-refractivity contribution in [2.75, 3.05) is 0 Å². The first-order valence-electron chi connectivity index (χ1n) is 7.53. The van der Waals surface area contributed by atoms with Crippen LogP contribution in [0.2, 0.25) is 0 Å². The van der Waals surface area contributed by atoms with Crippen LogP contribution in [0.3, 0.4) is 0 Å². The number of nitrogens with zero attached hydrogens (tertiary/aromatic N) is 4. The first kappa shape index (κ1) is 14.1. The molecular weight excluding hydrogens is 266 g/mol. The molecule has 6 heteroatoms. The van der Waals surface area contributed by atoms with Crippen LogP contribution in [0.1, 0.15) is 50.5 Å². The van der Waals surface area contributed by atoms with Crippen molar-refractivity contribution in [2.24, 2.45) is 11.7 Å². The van der Waals surface area contributed by atoms with Gasteiger partial charge in [-0.15, -0.1) is 0 Å². The lowest BCUT2D eigenvalue weighted by Gasteiger charge is -2.33. The Morgan fingerprint density at radius 1 is 1.24 bits per heavy atom. The number of aromatic nitrogens is 4. The molecule has 0 spiro atoms. The molecule has 0 atom stereocenters. The fourth-order valence-electron chi connectivity index (χ4n) is 2.84. The Kier molecular flexibility index (Phi) is 3.71. The molecule has 2 aromatic rings. The standard InChI is InChI=1S/C15H21N5O/c1-3-11-4-6-15(16,7-5-11)14-19-13(20-21-14)12-17-8-10(2)9-18-12/h8-9,11H,3-7,16H2,1-2H3. The van der Waals surface area contributed by atoms with Crippen LogP contribution in [0, 0.1) is 12.8 Å². The molecule has 0 unspecified atom stereocenters. The Morgan fingerprint density at radius 2 is 1.90 bits per heavy atom. The van der Waals surface area contributed by atoms with E-state index in [1.807, 2.05) is 6.92 Å². The lowest BCUT2D eigenvalue weighted by atomic mass is 9.76. The van der Waals surface area contributed by atoms with E-state index in [0.717, 1.165) is 37.2 Å². The van der Waals surface area contributed by atoms with Gasteiger partial charge >= 0.3 is 0 Å². The van der Waals surface area contributed by atoms with Crippen molar-refractivity contribution < 1.29 is 4.52 Å². The maximum atomic E-state index is 6.48. The molecule has 1 aliphatic carbocycles. The topological polar surface area (TPSA) is 90.7 Å². The van der Waals surface area contributed by atoms with Gasteiger partial charge in [-0.25, -0.2) is 9.97 Å². The highest BCUT2D eigenvalue weighted by Crippen LogP contribution is 2.38. The van der Waals surface area contributed by atoms with Crippen LogP contribution in [-0.2, 0) is 5.54 Å². The average molecular weight is 287 g/mol. The average Bonchev–Trinajstić information content (AvgIpc) is 2.99. The zero-order chi connectivity index (χ0) is 14.9. The van der Waals surface area contributed by atoms with Gasteiger partial charge in [0.15, 0.2) is 0 Å². The van der Waals surface area contributed by atoms with Gasteiger partial charge in [-0.1, -0.05) is 18.5 Å². The van der Waals surface area contributed by atoms with E-state index in [9.17, 15) is 0 Å². The fraction of sp³-hybridized carbons (Fsp3) is 0.600. The maximum absolute atomic E-state index is 6.48. The van der Waals surface area contributed by atoms with E-state index in [-0.39, 0.29) is 0 Å². The molecule has 0 radical (unpaired) electrons. The number of rotatable bonds is 3. The van der Waals surface area contributed by atoms with Crippen molar-refractivity contribution in [3.63, 3.8) is 0 Å². The van der Waals surface area contributed by atoms with Gasteiger partial charge in [0, 0.05) is 12.4 Å². The van der Waals surface area contributed by atoms with Gasteiger partial charge in [-0.2, -0.15) is 4.98 Å². The SMILES string of the molecule is CCC1CCC(N)(c2nc(-c3ncc(C)cn3)no2)CC1. The Balaban J connectivity index is 1.80. The molecule has 2 aromatic heterocycles. The Hall–Kier alpha value is -1.82. The molecule has 1 fully saturated rings. The monoisotopic (exact) mass is 287 g/mol. The largest absolute Gasteiger partial charge is 0.337 e. The molecule has 3 rings (SSSR count). The summed E-state index contributed by atoms with van der Waals surface area (Å²) in [6.07, 6.45) is 8.70. The molecule has 0 amide bonds. The second-order valence-electron chi connectivity index (χ2n) is 6.01. The summed E-state index contributed by atoms with van der Waals surface area (Å²) in [6.45, 7) is 4.17. The zero-order valence-electron chi connectivity index (χ0n) is 12.5. The van der Waals surface area contributed by atoms with E-state index in [0.29, 0.717) is 17.5 Å². The lowest BCUT2D eigenvalue weighted by molar-refractivity contribution is 0.181. The van der Waals surface area contributed by atoms with E-state index >= 15 is 0 Å². The van der Waals surface area contributed by atoms with Crippen LogP contribution in [-0.4, -0.2) is 20.1 Å². The first-order valence-corrected chi connectivity index (χ1v) is 7.53. The third kappa shape index (κ3) is 2.81. The van der Waals surface area contributed by atoms with Gasteiger partial charge in [-0.05, 0) is 44.1 Å². The number of hydrogen-bond donors (Lipinski definition) is 1. The Bertz CT molecular complexity index is 599. The van der Waals surface area contributed by atoms with Crippen molar-refractivity contribution in [1.29, 1.82) is 0 Å². The molecule has 2 N–H and O–H groups in total. The molecule has 0 aliphatic heterocycles. The predicted octanol–water partition coefficient (Wildman–Crippen LogP) is 2.59. The summed E-state index contributed by atoms with van der Waals surface area (Å²) < 4.78 is 5.39. The minimum absolute atomic E-state index is 0.410. The minimum Gasteiger partial charge on any atom is -0.337 e. The van der Waals surface area contributed by atoms with Crippen molar-refractivity contribution >= 4 is 0 Å². The van der Waals surface area contributed by atoms with Gasteiger partial charge in [0.1, 0.15) is 0 Å². The highest BCUT2D eigenvalue weighted by atomic mass is 16.5. The van der Waals surface area contributed by atoms with Crippen LogP contribution in [0.5, 0.6) is 0 Å². The van der Waals surface area contributed by atoms with E-state index in [4.69, 9.17) is 10.3 Å². The molecule has 0 bridgehead atoms. The molecule has 1 aliphatic rings. The van der Waals surface area contributed by atoms with E-state index in [1.165, 1.54) is 6.42 Å². The van der Waals surface area contributed by atoms with Crippen molar-refractivity contribution in [2.45, 2.75) is 51.5 Å². The molecule has 112 valence electrons. The van der Waals surface area contributed by atoms with Gasteiger partial charge in [0.2, 0.25) is 17.5 Å². The third-order valence-electron chi connectivity index (χ3n) is 4.41. The zero-order valence-corrected chi connectivity index (χ0v) is 12.5. The fourth-order valence-corrected chi connectivity index (χ4v) is 2.84. The molecule has 6 nitrogen and oxygen atoms in total. The lowest BCUT2D eigenvalue weighted by Crippen LogP contribution is -2.40. The summed E-state index contributed by atoms with van der Waals surface area (Å²) in [4.78, 5) is 12.9. The summed E-state index contributed by atoms with van der Waals surface area (Å²) in [6, 6.07) is 0. The Morgan fingerprint density at radius 3 is 2.52 bits per heavy atom. The summed E-state index contributed by atoms with van der Waals surface area (Å²) in [5, 5.41) is 3.98. The molecule has 2 heterocycles. The van der Waals surface area contributed by atoms with E-state index < -0.39 is 5.54 Å². The third-order valence-corrected chi connectivity index (χ3v) is 4.41. The number of nitrogens with two attached hydrogens (primary N) is 1. The normalized spacial score (nSPS) is 26.0. The Labute approximate surface area is 124 Å². The van der Waals surface area contributed by atoms with Crippen LogP contribution in [0.4, 0.5) is 0 Å².